The van der Waals surface area contributed by atoms with Crippen LogP contribution in [0.1, 0.15) is 54.1 Å². The first-order valence-corrected chi connectivity index (χ1v) is 12.9. The number of sulfonamides is 1. The molecular weight excluding hydrogens is 430 g/mol. The summed E-state index contributed by atoms with van der Waals surface area (Å²) < 4.78 is 28.9. The highest BCUT2D eigenvalue weighted by molar-refractivity contribution is 7.89. The fourth-order valence-corrected chi connectivity index (χ4v) is 7.01. The number of amides is 1. The molecule has 1 amide bonds. The lowest BCUT2D eigenvalue weighted by Crippen LogP contribution is -2.43. The van der Waals surface area contributed by atoms with Crippen LogP contribution in [0.2, 0.25) is 0 Å². The van der Waals surface area contributed by atoms with Crippen LogP contribution >= 0.6 is 11.3 Å². The lowest BCUT2D eigenvalue weighted by molar-refractivity contribution is 0.102. The molecule has 1 aliphatic rings. The molecule has 1 unspecified atom stereocenters. The quantitative estimate of drug-likeness (QED) is 0.577. The summed E-state index contributed by atoms with van der Waals surface area (Å²) in [6.07, 6.45) is 3.66. The molecule has 0 aliphatic carbocycles. The Morgan fingerprint density at radius 2 is 1.94 bits per heavy atom. The molecule has 8 heteroatoms. The Kier molecular flexibility index (Phi) is 6.14. The standard InChI is InChI=1S/C23H27N3O3S2/c1-4-18-7-5-6-12-26(18)31(28,29)19-10-8-17(9-11-19)22(27)25-23-24-21-16(3)13-15(2)14-20(21)30-23/h8-11,13-14,18H,4-7,12H2,1-3H3,(H,24,25,27). The molecule has 4 rings (SSSR count). The van der Waals surface area contributed by atoms with Gasteiger partial charge in [0.15, 0.2) is 5.13 Å². The SMILES string of the molecule is CCC1CCCCN1S(=O)(=O)c1ccc(C(=O)Nc2nc3c(C)cc(C)cc3s2)cc1. The van der Waals surface area contributed by atoms with Crippen molar-refractivity contribution in [1.29, 1.82) is 0 Å². The number of carbonyl (C=O) groups is 1. The molecule has 2 aromatic carbocycles. The van der Waals surface area contributed by atoms with Crippen LogP contribution in [-0.2, 0) is 10.0 Å². The fraction of sp³-hybridized carbons (Fsp3) is 0.391. The van der Waals surface area contributed by atoms with E-state index in [-0.39, 0.29) is 16.8 Å². The Balaban J connectivity index is 1.52. The molecule has 1 aliphatic heterocycles. The van der Waals surface area contributed by atoms with Crippen molar-refractivity contribution in [3.8, 4) is 0 Å². The average molecular weight is 458 g/mol. The van der Waals surface area contributed by atoms with Gasteiger partial charge in [-0.3, -0.25) is 10.1 Å². The van der Waals surface area contributed by atoms with E-state index in [0.29, 0.717) is 17.2 Å². The summed E-state index contributed by atoms with van der Waals surface area (Å²) >= 11 is 1.43. The number of hydrogen-bond donors (Lipinski definition) is 1. The number of piperidine rings is 1. The number of nitrogens with one attached hydrogen (secondary N) is 1. The topological polar surface area (TPSA) is 79.4 Å². The van der Waals surface area contributed by atoms with Gasteiger partial charge in [0.25, 0.3) is 5.91 Å². The van der Waals surface area contributed by atoms with Crippen LogP contribution < -0.4 is 5.32 Å². The van der Waals surface area contributed by atoms with Gasteiger partial charge in [-0.05, 0) is 74.6 Å². The predicted molar refractivity (Wildman–Crippen MR) is 125 cm³/mol. The van der Waals surface area contributed by atoms with Crippen LogP contribution in [0.5, 0.6) is 0 Å². The summed E-state index contributed by atoms with van der Waals surface area (Å²) in [6.45, 7) is 6.62. The summed E-state index contributed by atoms with van der Waals surface area (Å²) in [5, 5.41) is 3.37. The maximum Gasteiger partial charge on any atom is 0.257 e. The molecule has 1 aromatic heterocycles. The van der Waals surface area contributed by atoms with E-state index >= 15 is 0 Å². The van der Waals surface area contributed by atoms with E-state index < -0.39 is 10.0 Å². The highest BCUT2D eigenvalue weighted by Crippen LogP contribution is 2.30. The van der Waals surface area contributed by atoms with Gasteiger partial charge in [-0.1, -0.05) is 30.7 Å². The van der Waals surface area contributed by atoms with Gasteiger partial charge in [0.1, 0.15) is 0 Å². The molecule has 0 spiro atoms. The largest absolute Gasteiger partial charge is 0.298 e. The Morgan fingerprint density at radius 1 is 1.19 bits per heavy atom. The minimum atomic E-state index is -3.56. The van der Waals surface area contributed by atoms with Crippen LogP contribution in [0.3, 0.4) is 0 Å². The van der Waals surface area contributed by atoms with Crippen LogP contribution in [-0.4, -0.2) is 36.2 Å². The molecule has 0 saturated carbocycles. The molecule has 1 atom stereocenters. The zero-order chi connectivity index (χ0) is 22.2. The summed E-state index contributed by atoms with van der Waals surface area (Å²) in [7, 11) is -3.56. The van der Waals surface area contributed by atoms with Gasteiger partial charge < -0.3 is 0 Å². The van der Waals surface area contributed by atoms with Crippen molar-refractivity contribution in [2.24, 2.45) is 0 Å². The highest BCUT2D eigenvalue weighted by Gasteiger charge is 2.32. The zero-order valence-corrected chi connectivity index (χ0v) is 19.6. The van der Waals surface area contributed by atoms with Gasteiger partial charge in [0, 0.05) is 18.2 Å². The number of aromatic nitrogens is 1. The van der Waals surface area contributed by atoms with Crippen molar-refractivity contribution in [3.63, 3.8) is 0 Å². The molecule has 164 valence electrons. The molecule has 1 saturated heterocycles. The van der Waals surface area contributed by atoms with Gasteiger partial charge >= 0.3 is 0 Å². The number of anilines is 1. The summed E-state index contributed by atoms with van der Waals surface area (Å²) in [6, 6.07) is 10.4. The second kappa shape index (κ2) is 8.68. The van der Waals surface area contributed by atoms with Gasteiger partial charge in [0.2, 0.25) is 10.0 Å². The fourth-order valence-electron chi connectivity index (χ4n) is 4.21. The molecule has 0 radical (unpaired) electrons. The van der Waals surface area contributed by atoms with Crippen molar-refractivity contribution in [3.05, 3.63) is 53.1 Å². The van der Waals surface area contributed by atoms with E-state index in [9.17, 15) is 13.2 Å². The Bertz CT molecular complexity index is 1220. The van der Waals surface area contributed by atoms with E-state index in [1.165, 1.54) is 23.5 Å². The molecular formula is C23H27N3O3S2. The van der Waals surface area contributed by atoms with Crippen LogP contribution in [0.25, 0.3) is 10.2 Å². The maximum atomic E-state index is 13.1. The van der Waals surface area contributed by atoms with E-state index in [2.05, 4.69) is 22.4 Å². The van der Waals surface area contributed by atoms with Gasteiger partial charge in [-0.15, -0.1) is 0 Å². The minimum Gasteiger partial charge on any atom is -0.298 e. The molecule has 1 fully saturated rings. The number of nitrogens with zero attached hydrogens (tertiary/aromatic N) is 2. The average Bonchev–Trinajstić information content (AvgIpc) is 3.16. The number of hydrogen-bond acceptors (Lipinski definition) is 5. The zero-order valence-electron chi connectivity index (χ0n) is 18.0. The minimum absolute atomic E-state index is 0.0489. The van der Waals surface area contributed by atoms with E-state index in [0.717, 1.165) is 47.0 Å². The monoisotopic (exact) mass is 457 g/mol. The molecule has 0 bridgehead atoms. The predicted octanol–water partition coefficient (Wildman–Crippen LogP) is 5.12. The van der Waals surface area contributed by atoms with E-state index in [1.807, 2.05) is 20.8 Å². The van der Waals surface area contributed by atoms with Crippen molar-refractivity contribution in [1.82, 2.24) is 9.29 Å². The van der Waals surface area contributed by atoms with Crippen molar-refractivity contribution < 1.29 is 13.2 Å². The smallest absolute Gasteiger partial charge is 0.257 e. The van der Waals surface area contributed by atoms with Crippen LogP contribution in [0, 0.1) is 13.8 Å². The number of carbonyl (C=O) groups excluding carboxylic acids is 1. The normalized spacial score (nSPS) is 17.7. The molecule has 6 nitrogen and oxygen atoms in total. The lowest BCUT2D eigenvalue weighted by Gasteiger charge is -2.34. The third kappa shape index (κ3) is 4.37. The maximum absolute atomic E-state index is 13.1. The third-order valence-corrected chi connectivity index (χ3v) is 8.70. The molecule has 3 aromatic rings. The third-order valence-electron chi connectivity index (χ3n) is 5.82. The molecule has 31 heavy (non-hydrogen) atoms. The summed E-state index contributed by atoms with van der Waals surface area (Å²) in [5.74, 6) is -0.304. The van der Waals surface area contributed by atoms with Crippen LogP contribution in [0.4, 0.5) is 5.13 Å². The summed E-state index contributed by atoms with van der Waals surface area (Å²) in [4.78, 5) is 17.5. The van der Waals surface area contributed by atoms with E-state index in [1.54, 1.807) is 16.4 Å². The number of fused-ring (bicyclic) bond motifs is 1. The molecule has 1 N–H and O–H groups in total. The first kappa shape index (κ1) is 21.9. The lowest BCUT2D eigenvalue weighted by atomic mass is 10.0. The molecule has 2 heterocycles. The van der Waals surface area contributed by atoms with Crippen molar-refractivity contribution in [2.45, 2.75) is 57.4 Å². The van der Waals surface area contributed by atoms with Gasteiger partial charge in [0.05, 0.1) is 15.1 Å². The Labute approximate surface area is 187 Å². The second-order valence-electron chi connectivity index (χ2n) is 8.10. The van der Waals surface area contributed by atoms with Crippen molar-refractivity contribution in [2.75, 3.05) is 11.9 Å². The van der Waals surface area contributed by atoms with Gasteiger partial charge in [-0.25, -0.2) is 13.4 Å². The number of rotatable bonds is 5. The number of aryl methyl sites for hydroxylation is 2. The Hall–Kier alpha value is -2.29. The van der Waals surface area contributed by atoms with Crippen molar-refractivity contribution >= 4 is 42.6 Å². The van der Waals surface area contributed by atoms with Gasteiger partial charge in [-0.2, -0.15) is 4.31 Å². The van der Waals surface area contributed by atoms with E-state index in [4.69, 9.17) is 0 Å². The first-order chi connectivity index (χ1) is 14.8. The summed E-state index contributed by atoms with van der Waals surface area (Å²) in [5.41, 5.74) is 3.52. The number of benzene rings is 2. The highest BCUT2D eigenvalue weighted by atomic mass is 32.2. The second-order valence-corrected chi connectivity index (χ2v) is 11.0. The van der Waals surface area contributed by atoms with Crippen LogP contribution in [0.15, 0.2) is 41.3 Å². The Morgan fingerprint density at radius 3 is 2.65 bits per heavy atom. The first-order valence-electron chi connectivity index (χ1n) is 10.6. The number of thiazole rings is 1.